The molecule has 0 aromatic heterocycles. The quantitative estimate of drug-likeness (QED) is 0.939. The number of aryl methyl sites for hydroxylation is 2. The van der Waals surface area contributed by atoms with E-state index in [9.17, 15) is 9.59 Å². The molecule has 0 saturated carbocycles. The van der Waals surface area contributed by atoms with Crippen molar-refractivity contribution in [2.75, 3.05) is 11.9 Å². The summed E-state index contributed by atoms with van der Waals surface area (Å²) in [5, 5.41) is 2.94. The van der Waals surface area contributed by atoms with Gasteiger partial charge in [-0.15, -0.1) is 0 Å². The number of hydrogen-bond donors (Lipinski definition) is 1. The minimum Gasteiger partial charge on any atom is -0.327 e. The van der Waals surface area contributed by atoms with E-state index >= 15 is 0 Å². The molecule has 1 fully saturated rings. The first-order chi connectivity index (χ1) is 11.6. The van der Waals surface area contributed by atoms with Gasteiger partial charge in [-0.3, -0.25) is 9.59 Å². The molecule has 0 bridgehead atoms. The molecule has 24 heavy (non-hydrogen) atoms. The van der Waals surface area contributed by atoms with Crippen molar-refractivity contribution in [1.29, 1.82) is 0 Å². The Balaban J connectivity index is 1.76. The molecule has 2 aromatic rings. The normalized spacial score (nSPS) is 16.9. The van der Waals surface area contributed by atoms with Crippen molar-refractivity contribution in [3.63, 3.8) is 0 Å². The summed E-state index contributed by atoms with van der Waals surface area (Å²) in [6, 6.07) is 14.8. The second-order valence-corrected chi connectivity index (χ2v) is 6.33. The van der Waals surface area contributed by atoms with E-state index in [1.807, 2.05) is 62.4 Å². The third-order valence-electron chi connectivity index (χ3n) is 4.48. The number of amides is 2. The average Bonchev–Trinajstić information content (AvgIpc) is 3.04. The number of benzene rings is 2. The van der Waals surface area contributed by atoms with Crippen LogP contribution in [-0.2, 0) is 4.79 Å². The Morgan fingerprint density at radius 1 is 1.08 bits per heavy atom. The fourth-order valence-electron chi connectivity index (χ4n) is 3.20. The molecule has 4 nitrogen and oxygen atoms in total. The van der Waals surface area contributed by atoms with Crippen LogP contribution in [0.4, 0.5) is 5.69 Å². The molecule has 124 valence electrons. The van der Waals surface area contributed by atoms with E-state index in [0.29, 0.717) is 18.5 Å². The van der Waals surface area contributed by atoms with Gasteiger partial charge < -0.3 is 10.2 Å². The molecule has 1 atom stereocenters. The summed E-state index contributed by atoms with van der Waals surface area (Å²) in [6.07, 6.45) is 1.55. The van der Waals surface area contributed by atoms with Crippen molar-refractivity contribution in [2.45, 2.75) is 32.7 Å². The Morgan fingerprint density at radius 2 is 1.88 bits per heavy atom. The standard InChI is InChI=1S/C20H22N2O2/c1-14-7-5-9-16(13-14)21-19(23)18-11-6-12-22(18)20(24)17-10-4-3-8-15(17)2/h3-5,7-10,13,18H,6,11-12H2,1-2H3,(H,21,23). The van der Waals surface area contributed by atoms with Gasteiger partial charge in [0.25, 0.3) is 5.91 Å². The van der Waals surface area contributed by atoms with E-state index in [1.54, 1.807) is 4.90 Å². The second-order valence-electron chi connectivity index (χ2n) is 6.33. The molecular weight excluding hydrogens is 300 g/mol. The molecule has 4 heteroatoms. The highest BCUT2D eigenvalue weighted by Crippen LogP contribution is 2.23. The Kier molecular flexibility index (Phi) is 4.65. The van der Waals surface area contributed by atoms with Crippen molar-refractivity contribution in [3.05, 3.63) is 65.2 Å². The first kappa shape index (κ1) is 16.2. The smallest absolute Gasteiger partial charge is 0.254 e. The fraction of sp³-hybridized carbons (Fsp3) is 0.300. The van der Waals surface area contributed by atoms with Gasteiger partial charge in [0.2, 0.25) is 5.91 Å². The van der Waals surface area contributed by atoms with E-state index in [2.05, 4.69) is 5.32 Å². The number of rotatable bonds is 3. The lowest BCUT2D eigenvalue weighted by atomic mass is 10.1. The van der Waals surface area contributed by atoms with Crippen molar-refractivity contribution < 1.29 is 9.59 Å². The molecule has 1 aliphatic heterocycles. The van der Waals surface area contributed by atoms with Crippen LogP contribution in [0.15, 0.2) is 48.5 Å². The topological polar surface area (TPSA) is 49.4 Å². The zero-order chi connectivity index (χ0) is 17.1. The van der Waals surface area contributed by atoms with Crippen LogP contribution in [0.5, 0.6) is 0 Å². The first-order valence-electron chi connectivity index (χ1n) is 8.30. The van der Waals surface area contributed by atoms with E-state index < -0.39 is 6.04 Å². The molecule has 3 rings (SSSR count). The number of carbonyl (C=O) groups is 2. The van der Waals surface area contributed by atoms with Gasteiger partial charge in [0.05, 0.1) is 0 Å². The summed E-state index contributed by atoms with van der Waals surface area (Å²) < 4.78 is 0. The maximum Gasteiger partial charge on any atom is 0.254 e. The second kappa shape index (κ2) is 6.87. The highest BCUT2D eigenvalue weighted by Gasteiger charge is 2.34. The fourth-order valence-corrected chi connectivity index (χ4v) is 3.20. The van der Waals surface area contributed by atoms with Crippen molar-refractivity contribution >= 4 is 17.5 Å². The van der Waals surface area contributed by atoms with Crippen LogP contribution in [0.1, 0.15) is 34.3 Å². The molecule has 1 unspecified atom stereocenters. The third-order valence-corrected chi connectivity index (χ3v) is 4.48. The van der Waals surface area contributed by atoms with Crippen LogP contribution in [0.2, 0.25) is 0 Å². The number of nitrogens with one attached hydrogen (secondary N) is 1. The van der Waals surface area contributed by atoms with E-state index in [-0.39, 0.29) is 11.8 Å². The maximum absolute atomic E-state index is 12.8. The molecule has 1 aliphatic rings. The molecule has 1 saturated heterocycles. The highest BCUT2D eigenvalue weighted by molar-refractivity contribution is 6.02. The van der Waals surface area contributed by atoms with Gasteiger partial charge in [0.15, 0.2) is 0 Å². The predicted molar refractivity (Wildman–Crippen MR) is 95.0 cm³/mol. The molecule has 1 heterocycles. The van der Waals surface area contributed by atoms with Gasteiger partial charge >= 0.3 is 0 Å². The zero-order valence-electron chi connectivity index (χ0n) is 14.1. The van der Waals surface area contributed by atoms with E-state index in [4.69, 9.17) is 0 Å². The molecule has 2 amide bonds. The Hall–Kier alpha value is -2.62. The first-order valence-corrected chi connectivity index (χ1v) is 8.30. The summed E-state index contributed by atoms with van der Waals surface area (Å²) in [5.41, 5.74) is 3.47. The molecule has 0 radical (unpaired) electrons. The van der Waals surface area contributed by atoms with Gasteiger partial charge in [-0.25, -0.2) is 0 Å². The summed E-state index contributed by atoms with van der Waals surface area (Å²) in [4.78, 5) is 27.2. The van der Waals surface area contributed by atoms with Crippen LogP contribution in [0.25, 0.3) is 0 Å². The number of anilines is 1. The predicted octanol–water partition coefficient (Wildman–Crippen LogP) is 3.55. The van der Waals surface area contributed by atoms with Gasteiger partial charge in [-0.1, -0.05) is 30.3 Å². The zero-order valence-corrected chi connectivity index (χ0v) is 14.1. The minimum atomic E-state index is -0.405. The van der Waals surface area contributed by atoms with Gasteiger partial charge in [0, 0.05) is 17.8 Å². The lowest BCUT2D eigenvalue weighted by Gasteiger charge is -2.24. The number of hydrogen-bond acceptors (Lipinski definition) is 2. The summed E-state index contributed by atoms with van der Waals surface area (Å²) >= 11 is 0. The molecule has 2 aromatic carbocycles. The lowest BCUT2D eigenvalue weighted by Crippen LogP contribution is -2.43. The molecule has 1 N–H and O–H groups in total. The SMILES string of the molecule is Cc1cccc(NC(=O)C2CCCN2C(=O)c2ccccc2C)c1. The van der Waals surface area contributed by atoms with Crippen LogP contribution in [-0.4, -0.2) is 29.3 Å². The Labute approximate surface area is 142 Å². The third kappa shape index (κ3) is 3.32. The van der Waals surface area contributed by atoms with Crippen LogP contribution < -0.4 is 5.32 Å². The lowest BCUT2D eigenvalue weighted by molar-refractivity contribution is -0.119. The van der Waals surface area contributed by atoms with Crippen LogP contribution in [0, 0.1) is 13.8 Å². The summed E-state index contributed by atoms with van der Waals surface area (Å²) in [7, 11) is 0. The largest absolute Gasteiger partial charge is 0.327 e. The number of likely N-dealkylation sites (tertiary alicyclic amines) is 1. The minimum absolute atomic E-state index is 0.0602. The van der Waals surface area contributed by atoms with Gasteiger partial charge in [-0.2, -0.15) is 0 Å². The Morgan fingerprint density at radius 3 is 2.62 bits per heavy atom. The van der Waals surface area contributed by atoms with Crippen LogP contribution in [0.3, 0.4) is 0 Å². The average molecular weight is 322 g/mol. The van der Waals surface area contributed by atoms with Gasteiger partial charge in [0.1, 0.15) is 6.04 Å². The van der Waals surface area contributed by atoms with Crippen molar-refractivity contribution in [2.24, 2.45) is 0 Å². The Bertz CT molecular complexity index is 770. The van der Waals surface area contributed by atoms with Crippen molar-refractivity contribution in [1.82, 2.24) is 4.90 Å². The summed E-state index contributed by atoms with van der Waals surface area (Å²) in [6.45, 7) is 4.53. The number of nitrogens with zero attached hydrogens (tertiary/aromatic N) is 1. The van der Waals surface area contributed by atoms with E-state index in [1.165, 1.54) is 0 Å². The number of carbonyl (C=O) groups excluding carboxylic acids is 2. The molecule has 0 spiro atoms. The van der Waals surface area contributed by atoms with E-state index in [0.717, 1.165) is 23.2 Å². The van der Waals surface area contributed by atoms with Gasteiger partial charge in [-0.05, 0) is 56.0 Å². The van der Waals surface area contributed by atoms with Crippen LogP contribution >= 0.6 is 0 Å². The molecule has 0 aliphatic carbocycles. The summed E-state index contributed by atoms with van der Waals surface area (Å²) in [5.74, 6) is -0.171. The monoisotopic (exact) mass is 322 g/mol. The highest BCUT2D eigenvalue weighted by atomic mass is 16.2. The molecular formula is C20H22N2O2. The maximum atomic E-state index is 12.8. The van der Waals surface area contributed by atoms with Crippen molar-refractivity contribution in [3.8, 4) is 0 Å².